The Bertz CT molecular complexity index is 1520. The lowest BCUT2D eigenvalue weighted by molar-refractivity contribution is -0.0705. The number of pyridine rings is 1. The van der Waals surface area contributed by atoms with E-state index in [2.05, 4.69) is 33.8 Å². The molecule has 4 aromatic rings. The van der Waals surface area contributed by atoms with E-state index >= 15 is 0 Å². The molecule has 1 aromatic carbocycles. The topological polar surface area (TPSA) is 112 Å². The summed E-state index contributed by atoms with van der Waals surface area (Å²) in [5.41, 5.74) is 2.40. The van der Waals surface area contributed by atoms with Gasteiger partial charge in [0.05, 0.1) is 29.0 Å². The number of nitrogens with zero attached hydrogens (tertiary/aromatic N) is 6. The standard InChI is InChI=1S/C23H26N6O4S/c1-15-10-27(11-16(2)33-15)12-18-8-20-21(24-9-18)28(23(30)29-22(20)25-14-26-29)13-17-4-6-19(7-5-17)34(3,31)32/h4-9,14-16H,10-13H2,1-3H3. The van der Waals surface area contributed by atoms with Crippen LogP contribution in [0.4, 0.5) is 0 Å². The Balaban J connectivity index is 1.54. The van der Waals surface area contributed by atoms with Crippen molar-refractivity contribution in [3.63, 3.8) is 0 Å². The van der Waals surface area contributed by atoms with Gasteiger partial charge in [0.15, 0.2) is 15.5 Å². The second-order valence-electron chi connectivity index (χ2n) is 8.95. The molecular weight excluding hydrogens is 456 g/mol. The number of hydrogen-bond acceptors (Lipinski definition) is 8. The highest BCUT2D eigenvalue weighted by Gasteiger charge is 2.23. The van der Waals surface area contributed by atoms with E-state index in [9.17, 15) is 13.2 Å². The predicted molar refractivity (Wildman–Crippen MR) is 126 cm³/mol. The molecule has 0 amide bonds. The van der Waals surface area contributed by atoms with E-state index in [0.29, 0.717) is 17.8 Å². The fourth-order valence-corrected chi connectivity index (χ4v) is 5.21. The molecule has 2 unspecified atom stereocenters. The first-order chi connectivity index (χ1) is 16.2. The molecule has 3 aromatic heterocycles. The van der Waals surface area contributed by atoms with Gasteiger partial charge >= 0.3 is 5.69 Å². The van der Waals surface area contributed by atoms with Gasteiger partial charge in [0.25, 0.3) is 0 Å². The van der Waals surface area contributed by atoms with Gasteiger partial charge < -0.3 is 4.74 Å². The number of benzene rings is 1. The fraction of sp³-hybridized carbons (Fsp3) is 0.391. The summed E-state index contributed by atoms with van der Waals surface area (Å²) < 4.78 is 32.2. The molecule has 0 aliphatic carbocycles. The molecule has 2 atom stereocenters. The van der Waals surface area contributed by atoms with Gasteiger partial charge in [0, 0.05) is 32.1 Å². The summed E-state index contributed by atoms with van der Waals surface area (Å²) in [6.07, 6.45) is 4.65. The Morgan fingerprint density at radius 3 is 2.38 bits per heavy atom. The summed E-state index contributed by atoms with van der Waals surface area (Å²) in [5.74, 6) is 0. The van der Waals surface area contributed by atoms with Gasteiger partial charge in [0.2, 0.25) is 0 Å². The quantitative estimate of drug-likeness (QED) is 0.421. The zero-order valence-electron chi connectivity index (χ0n) is 19.2. The Labute approximate surface area is 196 Å². The van der Waals surface area contributed by atoms with E-state index in [1.807, 2.05) is 6.07 Å². The first-order valence-electron chi connectivity index (χ1n) is 11.1. The predicted octanol–water partition coefficient (Wildman–Crippen LogP) is 1.50. The van der Waals surface area contributed by atoms with Crippen LogP contribution in [0, 0.1) is 0 Å². The van der Waals surface area contributed by atoms with E-state index < -0.39 is 9.84 Å². The molecule has 0 radical (unpaired) electrons. The van der Waals surface area contributed by atoms with Crippen molar-refractivity contribution in [3.8, 4) is 0 Å². The normalized spacial score (nSPS) is 19.7. The number of aromatic nitrogens is 5. The van der Waals surface area contributed by atoms with Gasteiger partial charge in [-0.15, -0.1) is 0 Å². The lowest BCUT2D eigenvalue weighted by Crippen LogP contribution is -2.44. The van der Waals surface area contributed by atoms with E-state index in [-0.39, 0.29) is 29.3 Å². The van der Waals surface area contributed by atoms with Crippen molar-refractivity contribution in [2.75, 3.05) is 19.3 Å². The van der Waals surface area contributed by atoms with Crippen molar-refractivity contribution in [2.45, 2.75) is 44.0 Å². The van der Waals surface area contributed by atoms with E-state index in [1.54, 1.807) is 30.5 Å². The third kappa shape index (κ3) is 4.33. The number of rotatable bonds is 5. The Morgan fingerprint density at radius 1 is 1.00 bits per heavy atom. The van der Waals surface area contributed by atoms with Gasteiger partial charge in [-0.3, -0.25) is 9.47 Å². The first-order valence-corrected chi connectivity index (χ1v) is 13.0. The van der Waals surface area contributed by atoms with Gasteiger partial charge in [-0.05, 0) is 43.2 Å². The van der Waals surface area contributed by atoms with Crippen LogP contribution < -0.4 is 5.69 Å². The van der Waals surface area contributed by atoms with Gasteiger partial charge in [-0.25, -0.2) is 23.2 Å². The van der Waals surface area contributed by atoms with Crippen LogP contribution in [0.25, 0.3) is 16.7 Å². The second-order valence-corrected chi connectivity index (χ2v) is 11.0. The van der Waals surface area contributed by atoms with Crippen molar-refractivity contribution in [3.05, 3.63) is 64.5 Å². The monoisotopic (exact) mass is 482 g/mol. The highest BCUT2D eigenvalue weighted by molar-refractivity contribution is 7.90. The zero-order valence-corrected chi connectivity index (χ0v) is 20.1. The van der Waals surface area contributed by atoms with Crippen molar-refractivity contribution < 1.29 is 13.2 Å². The summed E-state index contributed by atoms with van der Waals surface area (Å²) >= 11 is 0. The second kappa shape index (κ2) is 8.57. The molecule has 10 nitrogen and oxygen atoms in total. The maximum Gasteiger partial charge on any atom is 0.352 e. The molecule has 0 bridgehead atoms. The SMILES string of the molecule is CC1CN(Cc2cnc3c(c2)c2ncnn2c(=O)n3Cc2ccc(S(C)(=O)=O)cc2)CC(C)O1. The third-order valence-corrected chi connectivity index (χ3v) is 7.10. The van der Waals surface area contributed by atoms with E-state index in [0.717, 1.165) is 29.6 Å². The minimum Gasteiger partial charge on any atom is -0.373 e. The van der Waals surface area contributed by atoms with Gasteiger partial charge in [-0.2, -0.15) is 9.61 Å². The van der Waals surface area contributed by atoms with Crippen LogP contribution in [-0.2, 0) is 27.7 Å². The molecule has 1 aliphatic rings. The van der Waals surface area contributed by atoms with Gasteiger partial charge in [0.1, 0.15) is 12.0 Å². The number of sulfone groups is 1. The smallest absolute Gasteiger partial charge is 0.352 e. The Kier molecular flexibility index (Phi) is 5.70. The Morgan fingerprint density at radius 2 is 1.71 bits per heavy atom. The van der Waals surface area contributed by atoms with E-state index in [4.69, 9.17) is 4.74 Å². The molecule has 0 saturated carbocycles. The van der Waals surface area contributed by atoms with Crippen LogP contribution in [0.3, 0.4) is 0 Å². The average Bonchev–Trinajstić information content (AvgIpc) is 3.26. The molecular formula is C23H26N6O4S. The molecule has 1 saturated heterocycles. The lowest BCUT2D eigenvalue weighted by atomic mass is 10.1. The number of hydrogen-bond donors (Lipinski definition) is 0. The van der Waals surface area contributed by atoms with Crippen LogP contribution in [0.1, 0.15) is 25.0 Å². The van der Waals surface area contributed by atoms with Crippen LogP contribution >= 0.6 is 0 Å². The largest absolute Gasteiger partial charge is 0.373 e. The van der Waals surface area contributed by atoms with E-state index in [1.165, 1.54) is 21.7 Å². The van der Waals surface area contributed by atoms with Crippen molar-refractivity contribution in [1.82, 2.24) is 29.0 Å². The summed E-state index contributed by atoms with van der Waals surface area (Å²) in [6, 6.07) is 8.51. The molecule has 1 aliphatic heterocycles. The molecule has 0 spiro atoms. The van der Waals surface area contributed by atoms with Gasteiger partial charge in [-0.1, -0.05) is 12.1 Å². The molecule has 4 heterocycles. The first kappa shape index (κ1) is 22.6. The minimum absolute atomic E-state index is 0.166. The molecule has 178 valence electrons. The molecule has 0 N–H and O–H groups in total. The van der Waals surface area contributed by atoms with Crippen molar-refractivity contribution in [2.24, 2.45) is 0 Å². The summed E-state index contributed by atoms with van der Waals surface area (Å²) in [6.45, 7) is 6.76. The molecule has 34 heavy (non-hydrogen) atoms. The highest BCUT2D eigenvalue weighted by Crippen LogP contribution is 2.20. The number of ether oxygens (including phenoxy) is 1. The van der Waals surface area contributed by atoms with Crippen LogP contribution in [0.2, 0.25) is 0 Å². The summed E-state index contributed by atoms with van der Waals surface area (Å²) in [4.78, 5) is 24.7. The van der Waals surface area contributed by atoms with Crippen LogP contribution in [0.5, 0.6) is 0 Å². The third-order valence-electron chi connectivity index (χ3n) is 5.97. The Hall–Kier alpha value is -3.15. The van der Waals surface area contributed by atoms with Crippen LogP contribution in [0.15, 0.2) is 52.5 Å². The van der Waals surface area contributed by atoms with Crippen molar-refractivity contribution in [1.29, 1.82) is 0 Å². The average molecular weight is 483 g/mol. The lowest BCUT2D eigenvalue weighted by Gasteiger charge is -2.35. The summed E-state index contributed by atoms with van der Waals surface area (Å²) in [5, 5.41) is 4.85. The maximum atomic E-state index is 13.2. The van der Waals surface area contributed by atoms with Crippen LogP contribution in [-0.4, -0.2) is 69.0 Å². The summed E-state index contributed by atoms with van der Waals surface area (Å²) in [7, 11) is -3.30. The molecule has 1 fully saturated rings. The molecule has 5 rings (SSSR count). The minimum atomic E-state index is -3.30. The zero-order chi connectivity index (χ0) is 24.0. The number of morpholine rings is 1. The fourth-order valence-electron chi connectivity index (χ4n) is 4.58. The van der Waals surface area contributed by atoms with Crippen molar-refractivity contribution >= 4 is 26.5 Å². The number of fused-ring (bicyclic) bond motifs is 3. The maximum absolute atomic E-state index is 13.2. The molecule has 11 heteroatoms. The highest BCUT2D eigenvalue weighted by atomic mass is 32.2.